The fraction of sp³-hybridized carbons (Fsp3) is 0.304. The number of aryl methyl sites for hydroxylation is 1. The summed E-state index contributed by atoms with van der Waals surface area (Å²) in [5, 5.41) is 2.96. The van der Waals surface area contributed by atoms with Crippen molar-refractivity contribution in [3.63, 3.8) is 0 Å². The average molecular weight is 390 g/mol. The molecule has 3 aromatic rings. The van der Waals surface area contributed by atoms with Gasteiger partial charge in [-0.05, 0) is 57.0 Å². The number of rotatable bonds is 5. The lowest BCUT2D eigenvalue weighted by Crippen LogP contribution is -2.18. The molecule has 0 spiro atoms. The summed E-state index contributed by atoms with van der Waals surface area (Å²) in [6.45, 7) is 6.10. The van der Waals surface area contributed by atoms with Crippen LogP contribution in [0.25, 0.3) is 5.69 Å². The topological polar surface area (TPSA) is 59.4 Å². The molecule has 6 heteroatoms. The van der Waals surface area contributed by atoms with Gasteiger partial charge in [0.05, 0.1) is 30.2 Å². The van der Waals surface area contributed by atoms with Gasteiger partial charge >= 0.3 is 0 Å². The lowest BCUT2D eigenvalue weighted by atomic mass is 10.2. The molecule has 6 nitrogen and oxygen atoms in total. The van der Waals surface area contributed by atoms with E-state index in [1.54, 1.807) is 7.11 Å². The third kappa shape index (κ3) is 3.70. The van der Waals surface area contributed by atoms with E-state index in [1.807, 2.05) is 50.4 Å². The van der Waals surface area contributed by atoms with Crippen molar-refractivity contribution in [3.8, 4) is 11.4 Å². The molecule has 0 bridgehead atoms. The Morgan fingerprint density at radius 3 is 2.55 bits per heavy atom. The summed E-state index contributed by atoms with van der Waals surface area (Å²) >= 11 is 0. The first-order chi connectivity index (χ1) is 14.1. The number of anilines is 2. The standard InChI is InChI=1S/C23H26N4O2/c1-16-14-19(23(28)25-20-8-4-5-9-21(20)29-3)17(2)27(16)18-10-11-22(24-15-18)26-12-6-7-13-26/h4-5,8-11,14-15H,6-7,12-13H2,1-3H3,(H,25,28). The Hall–Kier alpha value is -3.28. The molecule has 0 atom stereocenters. The first-order valence-electron chi connectivity index (χ1n) is 9.93. The van der Waals surface area contributed by atoms with Crippen LogP contribution in [-0.4, -0.2) is 35.7 Å². The number of methoxy groups -OCH3 is 1. The summed E-state index contributed by atoms with van der Waals surface area (Å²) in [5.41, 5.74) is 4.12. The minimum absolute atomic E-state index is 0.157. The van der Waals surface area contributed by atoms with E-state index < -0.39 is 0 Å². The number of carbonyl (C=O) groups excluding carboxylic acids is 1. The minimum Gasteiger partial charge on any atom is -0.495 e. The smallest absolute Gasteiger partial charge is 0.257 e. The fourth-order valence-electron chi connectivity index (χ4n) is 3.97. The second kappa shape index (κ2) is 7.99. The molecule has 0 saturated carbocycles. The zero-order valence-electron chi connectivity index (χ0n) is 17.1. The number of nitrogens with one attached hydrogen (secondary N) is 1. The number of pyridine rings is 1. The van der Waals surface area contributed by atoms with E-state index in [4.69, 9.17) is 4.74 Å². The van der Waals surface area contributed by atoms with E-state index in [0.29, 0.717) is 17.0 Å². The molecule has 0 unspecified atom stereocenters. The number of hydrogen-bond donors (Lipinski definition) is 1. The van der Waals surface area contributed by atoms with Gasteiger partial charge in [-0.15, -0.1) is 0 Å². The van der Waals surface area contributed by atoms with Gasteiger partial charge in [0.15, 0.2) is 0 Å². The highest BCUT2D eigenvalue weighted by atomic mass is 16.5. The molecule has 150 valence electrons. The first-order valence-corrected chi connectivity index (χ1v) is 9.93. The number of para-hydroxylation sites is 2. The molecular weight excluding hydrogens is 364 g/mol. The number of benzene rings is 1. The number of amides is 1. The van der Waals surface area contributed by atoms with Gasteiger partial charge in [0.1, 0.15) is 11.6 Å². The van der Waals surface area contributed by atoms with Crippen LogP contribution in [0.4, 0.5) is 11.5 Å². The molecule has 1 N–H and O–H groups in total. The molecule has 2 aromatic heterocycles. The quantitative estimate of drug-likeness (QED) is 0.704. The van der Waals surface area contributed by atoms with E-state index in [0.717, 1.165) is 36.0 Å². The molecule has 1 aliphatic rings. The Morgan fingerprint density at radius 1 is 1.10 bits per heavy atom. The summed E-state index contributed by atoms with van der Waals surface area (Å²) in [4.78, 5) is 19.9. The SMILES string of the molecule is COc1ccccc1NC(=O)c1cc(C)n(-c2ccc(N3CCCC3)nc2)c1C. The van der Waals surface area contributed by atoms with Crippen LogP contribution in [0.15, 0.2) is 48.7 Å². The van der Waals surface area contributed by atoms with E-state index in [1.165, 1.54) is 12.8 Å². The first kappa shape index (κ1) is 19.1. The molecule has 0 radical (unpaired) electrons. The van der Waals surface area contributed by atoms with Crippen LogP contribution in [0, 0.1) is 13.8 Å². The predicted octanol–water partition coefficient (Wildman–Crippen LogP) is 4.35. The normalized spacial score (nSPS) is 13.6. The number of ether oxygens (including phenoxy) is 1. The number of aromatic nitrogens is 2. The van der Waals surface area contributed by atoms with Gasteiger partial charge in [0.2, 0.25) is 0 Å². The maximum Gasteiger partial charge on any atom is 0.257 e. The highest BCUT2D eigenvalue weighted by Crippen LogP contribution is 2.26. The lowest BCUT2D eigenvalue weighted by molar-refractivity contribution is 0.102. The van der Waals surface area contributed by atoms with Gasteiger partial charge in [-0.2, -0.15) is 0 Å². The van der Waals surface area contributed by atoms with Crippen LogP contribution in [0.3, 0.4) is 0 Å². The molecule has 1 fully saturated rings. The molecule has 0 aliphatic carbocycles. The number of nitrogens with zero attached hydrogens (tertiary/aromatic N) is 3. The largest absolute Gasteiger partial charge is 0.495 e. The molecule has 1 amide bonds. The molecule has 1 aromatic carbocycles. The molecule has 1 saturated heterocycles. The highest BCUT2D eigenvalue weighted by molar-refractivity contribution is 6.06. The van der Waals surface area contributed by atoms with E-state index in [9.17, 15) is 4.79 Å². The van der Waals surface area contributed by atoms with Crippen LogP contribution >= 0.6 is 0 Å². The third-order valence-corrected chi connectivity index (χ3v) is 5.45. The van der Waals surface area contributed by atoms with Gasteiger partial charge in [0.25, 0.3) is 5.91 Å². The fourth-order valence-corrected chi connectivity index (χ4v) is 3.97. The van der Waals surface area contributed by atoms with E-state index in [2.05, 4.69) is 31.9 Å². The zero-order valence-corrected chi connectivity index (χ0v) is 17.1. The summed E-state index contributed by atoms with van der Waals surface area (Å²) in [5.74, 6) is 1.50. The van der Waals surface area contributed by atoms with Gasteiger partial charge in [-0.3, -0.25) is 4.79 Å². The molecule has 1 aliphatic heterocycles. The molecule has 29 heavy (non-hydrogen) atoms. The van der Waals surface area contributed by atoms with E-state index >= 15 is 0 Å². The lowest BCUT2D eigenvalue weighted by Gasteiger charge is -2.17. The molecular formula is C23H26N4O2. The Morgan fingerprint density at radius 2 is 1.86 bits per heavy atom. The van der Waals surface area contributed by atoms with Crippen LogP contribution < -0.4 is 15.0 Å². The van der Waals surface area contributed by atoms with Crippen molar-refractivity contribution in [3.05, 3.63) is 65.6 Å². The summed E-state index contributed by atoms with van der Waals surface area (Å²) in [6.07, 6.45) is 4.34. The Labute approximate surface area is 171 Å². The van der Waals surface area contributed by atoms with Crippen molar-refractivity contribution in [1.29, 1.82) is 0 Å². The summed E-state index contributed by atoms with van der Waals surface area (Å²) < 4.78 is 7.40. The monoisotopic (exact) mass is 390 g/mol. The van der Waals surface area contributed by atoms with E-state index in [-0.39, 0.29) is 5.91 Å². The number of carbonyl (C=O) groups is 1. The Bertz CT molecular complexity index is 1020. The second-order valence-electron chi connectivity index (χ2n) is 7.34. The van der Waals surface area contributed by atoms with Gasteiger partial charge < -0.3 is 19.5 Å². The summed E-state index contributed by atoms with van der Waals surface area (Å²) in [6, 6.07) is 13.4. The maximum atomic E-state index is 12.9. The average Bonchev–Trinajstić information content (AvgIpc) is 3.37. The van der Waals surface area contributed by atoms with Gasteiger partial charge in [-0.1, -0.05) is 12.1 Å². The zero-order chi connectivity index (χ0) is 20.4. The van der Waals surface area contributed by atoms with Crippen LogP contribution in [0.1, 0.15) is 34.6 Å². The molecule has 3 heterocycles. The third-order valence-electron chi connectivity index (χ3n) is 5.45. The second-order valence-corrected chi connectivity index (χ2v) is 7.34. The highest BCUT2D eigenvalue weighted by Gasteiger charge is 2.19. The van der Waals surface area contributed by atoms with Crippen LogP contribution in [0.2, 0.25) is 0 Å². The van der Waals surface area contributed by atoms with Gasteiger partial charge in [0, 0.05) is 24.5 Å². The van der Waals surface area contributed by atoms with Crippen molar-refractivity contribution in [1.82, 2.24) is 9.55 Å². The Kier molecular flexibility index (Phi) is 5.25. The van der Waals surface area contributed by atoms with Gasteiger partial charge in [-0.25, -0.2) is 4.98 Å². The van der Waals surface area contributed by atoms with Crippen molar-refractivity contribution in [2.75, 3.05) is 30.4 Å². The molecule has 4 rings (SSSR count). The summed E-state index contributed by atoms with van der Waals surface area (Å²) in [7, 11) is 1.59. The van der Waals surface area contributed by atoms with Crippen molar-refractivity contribution in [2.45, 2.75) is 26.7 Å². The van der Waals surface area contributed by atoms with Crippen molar-refractivity contribution >= 4 is 17.4 Å². The predicted molar refractivity (Wildman–Crippen MR) is 115 cm³/mol. The Balaban J connectivity index is 1.60. The maximum absolute atomic E-state index is 12.9. The van der Waals surface area contributed by atoms with Crippen LogP contribution in [0.5, 0.6) is 5.75 Å². The number of hydrogen-bond acceptors (Lipinski definition) is 4. The van der Waals surface area contributed by atoms with Crippen molar-refractivity contribution in [2.24, 2.45) is 0 Å². The van der Waals surface area contributed by atoms with Crippen LogP contribution in [-0.2, 0) is 0 Å². The van der Waals surface area contributed by atoms with Crippen molar-refractivity contribution < 1.29 is 9.53 Å². The minimum atomic E-state index is -0.157.